The third-order valence-electron chi connectivity index (χ3n) is 3.59. The fraction of sp³-hybridized carbons (Fsp3) is 0.571. The van der Waals surface area contributed by atoms with Crippen molar-refractivity contribution < 1.29 is 4.39 Å². The van der Waals surface area contributed by atoms with E-state index in [-0.39, 0.29) is 5.82 Å². The van der Waals surface area contributed by atoms with Crippen LogP contribution in [0.2, 0.25) is 0 Å². The Morgan fingerprint density at radius 3 is 2.71 bits per heavy atom. The first kappa shape index (κ1) is 12.5. The lowest BCUT2D eigenvalue weighted by atomic mass is 9.94. The van der Waals surface area contributed by atoms with Gasteiger partial charge in [0.05, 0.1) is 0 Å². The Kier molecular flexibility index (Phi) is 4.13. The van der Waals surface area contributed by atoms with Gasteiger partial charge in [-0.1, -0.05) is 19.1 Å². The van der Waals surface area contributed by atoms with E-state index < -0.39 is 0 Å². The van der Waals surface area contributed by atoms with Gasteiger partial charge in [-0.15, -0.1) is 0 Å². The SMILES string of the molecule is CC1CN(C)CCC1NCc1ccc(F)cc1. The van der Waals surface area contributed by atoms with Crippen LogP contribution in [0.5, 0.6) is 0 Å². The van der Waals surface area contributed by atoms with E-state index in [1.54, 1.807) is 0 Å². The Labute approximate surface area is 103 Å². The van der Waals surface area contributed by atoms with Crippen LogP contribution in [0.3, 0.4) is 0 Å². The molecule has 1 heterocycles. The first-order valence-corrected chi connectivity index (χ1v) is 6.31. The van der Waals surface area contributed by atoms with Crippen molar-refractivity contribution in [2.24, 2.45) is 5.92 Å². The molecule has 1 N–H and O–H groups in total. The van der Waals surface area contributed by atoms with E-state index >= 15 is 0 Å². The number of nitrogens with one attached hydrogen (secondary N) is 1. The van der Waals surface area contributed by atoms with Crippen LogP contribution in [0.1, 0.15) is 18.9 Å². The molecule has 1 aliphatic rings. The first-order valence-electron chi connectivity index (χ1n) is 6.31. The van der Waals surface area contributed by atoms with Crippen LogP contribution in [0, 0.1) is 11.7 Å². The van der Waals surface area contributed by atoms with E-state index in [2.05, 4.69) is 24.2 Å². The zero-order valence-electron chi connectivity index (χ0n) is 10.6. The van der Waals surface area contributed by atoms with Gasteiger partial charge in [0.25, 0.3) is 0 Å². The molecule has 0 spiro atoms. The van der Waals surface area contributed by atoms with Gasteiger partial charge in [0.1, 0.15) is 5.82 Å². The lowest BCUT2D eigenvalue weighted by Crippen LogP contribution is -2.46. The van der Waals surface area contributed by atoms with Crippen molar-refractivity contribution in [2.75, 3.05) is 20.1 Å². The normalized spacial score (nSPS) is 26.1. The van der Waals surface area contributed by atoms with Crippen LogP contribution < -0.4 is 5.32 Å². The van der Waals surface area contributed by atoms with Crippen molar-refractivity contribution >= 4 is 0 Å². The highest BCUT2D eigenvalue weighted by atomic mass is 19.1. The summed E-state index contributed by atoms with van der Waals surface area (Å²) in [6, 6.07) is 7.32. The Balaban J connectivity index is 1.83. The lowest BCUT2D eigenvalue weighted by molar-refractivity contribution is 0.174. The summed E-state index contributed by atoms with van der Waals surface area (Å²) in [6.07, 6.45) is 1.19. The van der Waals surface area contributed by atoms with E-state index in [4.69, 9.17) is 0 Å². The predicted molar refractivity (Wildman–Crippen MR) is 68.3 cm³/mol. The van der Waals surface area contributed by atoms with Gasteiger partial charge in [-0.3, -0.25) is 0 Å². The zero-order chi connectivity index (χ0) is 12.3. The molecule has 0 radical (unpaired) electrons. The van der Waals surface area contributed by atoms with E-state index in [9.17, 15) is 4.39 Å². The molecule has 2 nitrogen and oxygen atoms in total. The molecule has 0 aliphatic carbocycles. The maximum atomic E-state index is 12.8. The molecule has 1 aromatic carbocycles. The van der Waals surface area contributed by atoms with Crippen LogP contribution in [0.4, 0.5) is 4.39 Å². The van der Waals surface area contributed by atoms with Crippen LogP contribution in [0.25, 0.3) is 0 Å². The summed E-state index contributed by atoms with van der Waals surface area (Å²) in [5.41, 5.74) is 1.15. The second-order valence-corrected chi connectivity index (χ2v) is 5.14. The average molecular weight is 236 g/mol. The second kappa shape index (κ2) is 5.61. The molecule has 0 aromatic heterocycles. The highest BCUT2D eigenvalue weighted by Crippen LogP contribution is 2.16. The highest BCUT2D eigenvalue weighted by Gasteiger charge is 2.23. The lowest BCUT2D eigenvalue weighted by Gasteiger charge is -2.35. The molecule has 1 aromatic rings. The molecule has 0 saturated carbocycles. The summed E-state index contributed by atoms with van der Waals surface area (Å²) in [7, 11) is 2.17. The number of rotatable bonds is 3. The number of piperidine rings is 1. The monoisotopic (exact) mass is 236 g/mol. The minimum atomic E-state index is -0.165. The van der Waals surface area contributed by atoms with Crippen LogP contribution >= 0.6 is 0 Å². The minimum absolute atomic E-state index is 0.165. The van der Waals surface area contributed by atoms with Crippen LogP contribution in [-0.2, 0) is 6.54 Å². The van der Waals surface area contributed by atoms with Gasteiger partial charge in [-0.25, -0.2) is 4.39 Å². The summed E-state index contributed by atoms with van der Waals surface area (Å²) < 4.78 is 12.8. The third-order valence-corrected chi connectivity index (χ3v) is 3.59. The van der Waals surface area contributed by atoms with Crippen molar-refractivity contribution in [2.45, 2.75) is 25.9 Å². The zero-order valence-corrected chi connectivity index (χ0v) is 10.6. The van der Waals surface area contributed by atoms with Crippen molar-refractivity contribution in [3.8, 4) is 0 Å². The minimum Gasteiger partial charge on any atom is -0.310 e. The van der Waals surface area contributed by atoms with Crippen LogP contribution in [-0.4, -0.2) is 31.1 Å². The van der Waals surface area contributed by atoms with Crippen molar-refractivity contribution in [1.82, 2.24) is 10.2 Å². The van der Waals surface area contributed by atoms with Crippen LogP contribution in [0.15, 0.2) is 24.3 Å². The largest absolute Gasteiger partial charge is 0.310 e. The Morgan fingerprint density at radius 2 is 2.06 bits per heavy atom. The Bertz CT molecular complexity index is 350. The molecule has 1 saturated heterocycles. The molecule has 1 aliphatic heterocycles. The van der Waals surface area contributed by atoms with Gasteiger partial charge in [0.15, 0.2) is 0 Å². The van der Waals surface area contributed by atoms with E-state index in [1.165, 1.54) is 18.6 Å². The number of nitrogens with zero attached hydrogens (tertiary/aromatic N) is 1. The number of halogens is 1. The van der Waals surface area contributed by atoms with E-state index in [0.29, 0.717) is 12.0 Å². The number of benzene rings is 1. The molecule has 0 amide bonds. The molecule has 2 unspecified atom stereocenters. The van der Waals surface area contributed by atoms with Gasteiger partial charge < -0.3 is 10.2 Å². The summed E-state index contributed by atoms with van der Waals surface area (Å²) in [5, 5.41) is 3.58. The van der Waals surface area contributed by atoms with Gasteiger partial charge in [0, 0.05) is 19.1 Å². The quantitative estimate of drug-likeness (QED) is 0.866. The molecule has 3 heteroatoms. The smallest absolute Gasteiger partial charge is 0.123 e. The molecule has 17 heavy (non-hydrogen) atoms. The standard InChI is InChI=1S/C14H21FN2/c1-11-10-17(2)8-7-14(11)16-9-12-3-5-13(15)6-4-12/h3-6,11,14,16H,7-10H2,1-2H3. The molecule has 0 bridgehead atoms. The van der Waals surface area contributed by atoms with Crippen molar-refractivity contribution in [1.29, 1.82) is 0 Å². The molecule has 1 fully saturated rings. The maximum absolute atomic E-state index is 12.8. The third kappa shape index (κ3) is 3.51. The summed E-state index contributed by atoms with van der Waals surface area (Å²) >= 11 is 0. The van der Waals surface area contributed by atoms with Gasteiger partial charge in [-0.2, -0.15) is 0 Å². The van der Waals surface area contributed by atoms with E-state index in [1.807, 2.05) is 12.1 Å². The molecular formula is C14H21FN2. The Morgan fingerprint density at radius 1 is 1.35 bits per heavy atom. The van der Waals surface area contributed by atoms with Gasteiger partial charge in [-0.05, 0) is 43.6 Å². The topological polar surface area (TPSA) is 15.3 Å². The molecule has 2 rings (SSSR count). The van der Waals surface area contributed by atoms with Gasteiger partial charge in [0.2, 0.25) is 0 Å². The number of likely N-dealkylation sites (tertiary alicyclic amines) is 1. The second-order valence-electron chi connectivity index (χ2n) is 5.14. The summed E-state index contributed by atoms with van der Waals surface area (Å²) in [4.78, 5) is 2.38. The van der Waals surface area contributed by atoms with Crippen molar-refractivity contribution in [3.63, 3.8) is 0 Å². The Hall–Kier alpha value is -0.930. The fourth-order valence-electron chi connectivity index (χ4n) is 2.51. The average Bonchev–Trinajstić information content (AvgIpc) is 2.30. The fourth-order valence-corrected chi connectivity index (χ4v) is 2.51. The summed E-state index contributed by atoms with van der Waals surface area (Å²) in [6.45, 7) is 5.43. The predicted octanol–water partition coefficient (Wildman–Crippen LogP) is 2.26. The highest BCUT2D eigenvalue weighted by molar-refractivity contribution is 5.15. The molecule has 2 atom stereocenters. The maximum Gasteiger partial charge on any atom is 0.123 e. The molecule has 94 valence electrons. The first-order chi connectivity index (χ1) is 8.15. The summed E-state index contributed by atoms with van der Waals surface area (Å²) in [5.74, 6) is 0.510. The number of hydrogen-bond acceptors (Lipinski definition) is 2. The molecular weight excluding hydrogens is 215 g/mol. The van der Waals surface area contributed by atoms with Gasteiger partial charge >= 0.3 is 0 Å². The number of hydrogen-bond donors (Lipinski definition) is 1. The van der Waals surface area contributed by atoms with Crippen molar-refractivity contribution in [3.05, 3.63) is 35.6 Å². The van der Waals surface area contributed by atoms with E-state index in [0.717, 1.165) is 25.2 Å².